The van der Waals surface area contributed by atoms with E-state index in [1.165, 1.54) is 0 Å². The second kappa shape index (κ2) is 7.95. The third kappa shape index (κ3) is 4.34. The number of nitrogens with one attached hydrogen (secondary N) is 1. The van der Waals surface area contributed by atoms with Crippen LogP contribution < -0.4 is 5.32 Å². The summed E-state index contributed by atoms with van der Waals surface area (Å²) >= 11 is 0. The first kappa shape index (κ1) is 16.5. The van der Waals surface area contributed by atoms with Gasteiger partial charge in [-0.25, -0.2) is 0 Å². The molecule has 0 aliphatic carbocycles. The van der Waals surface area contributed by atoms with Crippen LogP contribution in [0.2, 0.25) is 0 Å². The van der Waals surface area contributed by atoms with E-state index < -0.39 is 0 Å². The molecule has 0 bridgehead atoms. The maximum absolute atomic E-state index is 12.2. The molecular weight excluding hydrogens is 296 g/mol. The van der Waals surface area contributed by atoms with E-state index in [1.54, 1.807) is 13.4 Å². The second-order valence-corrected chi connectivity index (χ2v) is 6.53. The van der Waals surface area contributed by atoms with E-state index >= 15 is 0 Å². The normalized spacial score (nSPS) is 27.8. The van der Waals surface area contributed by atoms with Crippen LogP contribution in [-0.2, 0) is 20.8 Å². The zero-order valence-electron chi connectivity index (χ0n) is 13.7. The number of furan rings is 1. The molecule has 1 amide bonds. The standard InChI is InChI=1S/C17H26N2O4/c1-21-6-4-19-9-14-12-22-11-13(16(14)10-19)7-17(20)18-8-15-3-2-5-23-15/h2-3,5,13-14,16H,4,6-12H2,1H3,(H,18,20)/t13-,14-,16+/m0/s1. The van der Waals surface area contributed by atoms with Crippen molar-refractivity contribution >= 4 is 5.91 Å². The molecule has 6 nitrogen and oxygen atoms in total. The number of amides is 1. The third-order valence-corrected chi connectivity index (χ3v) is 4.94. The Bertz CT molecular complexity index is 491. The molecule has 1 aromatic heterocycles. The Morgan fingerprint density at radius 1 is 1.43 bits per heavy atom. The summed E-state index contributed by atoms with van der Waals surface area (Å²) in [5.41, 5.74) is 0. The summed E-state index contributed by atoms with van der Waals surface area (Å²) in [6.07, 6.45) is 2.15. The van der Waals surface area contributed by atoms with E-state index in [0.717, 1.165) is 38.6 Å². The number of hydrogen-bond acceptors (Lipinski definition) is 5. The van der Waals surface area contributed by atoms with Crippen molar-refractivity contribution in [3.05, 3.63) is 24.2 Å². The summed E-state index contributed by atoms with van der Waals surface area (Å²) in [6.45, 7) is 5.78. The number of carbonyl (C=O) groups is 1. The molecule has 2 saturated heterocycles. The summed E-state index contributed by atoms with van der Waals surface area (Å²) in [6, 6.07) is 3.69. The number of methoxy groups -OCH3 is 1. The van der Waals surface area contributed by atoms with E-state index in [2.05, 4.69) is 10.2 Å². The predicted octanol–water partition coefficient (Wildman–Crippen LogP) is 1.13. The number of ether oxygens (including phenoxy) is 2. The number of rotatable bonds is 7. The molecule has 128 valence electrons. The molecule has 6 heteroatoms. The van der Waals surface area contributed by atoms with Crippen molar-refractivity contribution < 1.29 is 18.7 Å². The SMILES string of the molecule is COCCN1C[C@H]2COC[C@H](CC(=O)NCc3ccco3)[C@H]2C1. The summed E-state index contributed by atoms with van der Waals surface area (Å²) in [7, 11) is 1.73. The number of nitrogens with zero attached hydrogens (tertiary/aromatic N) is 1. The van der Waals surface area contributed by atoms with Crippen molar-refractivity contribution in [2.45, 2.75) is 13.0 Å². The van der Waals surface area contributed by atoms with E-state index in [9.17, 15) is 4.79 Å². The summed E-state index contributed by atoms with van der Waals surface area (Å²) in [5.74, 6) is 2.25. The zero-order chi connectivity index (χ0) is 16.1. The van der Waals surface area contributed by atoms with E-state index in [1.807, 2.05) is 12.1 Å². The van der Waals surface area contributed by atoms with Crippen LogP contribution in [0.25, 0.3) is 0 Å². The topological polar surface area (TPSA) is 63.9 Å². The Morgan fingerprint density at radius 2 is 2.35 bits per heavy atom. The van der Waals surface area contributed by atoms with Gasteiger partial charge in [-0.2, -0.15) is 0 Å². The van der Waals surface area contributed by atoms with Gasteiger partial charge in [0.05, 0.1) is 32.6 Å². The minimum Gasteiger partial charge on any atom is -0.467 e. The van der Waals surface area contributed by atoms with Crippen molar-refractivity contribution in [2.75, 3.05) is 46.6 Å². The lowest BCUT2D eigenvalue weighted by atomic mass is 9.81. The van der Waals surface area contributed by atoms with Crippen LogP contribution in [0.3, 0.4) is 0 Å². The third-order valence-electron chi connectivity index (χ3n) is 4.94. The zero-order valence-corrected chi connectivity index (χ0v) is 13.7. The fourth-order valence-corrected chi connectivity index (χ4v) is 3.72. The smallest absolute Gasteiger partial charge is 0.220 e. The first-order valence-electron chi connectivity index (χ1n) is 8.34. The maximum atomic E-state index is 12.2. The molecule has 0 unspecified atom stereocenters. The Hall–Kier alpha value is -1.37. The Morgan fingerprint density at radius 3 is 3.13 bits per heavy atom. The molecule has 1 aromatic rings. The molecule has 0 radical (unpaired) electrons. The first-order chi connectivity index (χ1) is 11.3. The quantitative estimate of drug-likeness (QED) is 0.815. The van der Waals surface area contributed by atoms with Gasteiger partial charge in [-0.05, 0) is 29.9 Å². The Labute approximate surface area is 137 Å². The second-order valence-electron chi connectivity index (χ2n) is 6.53. The molecular formula is C17H26N2O4. The van der Waals surface area contributed by atoms with Crippen LogP contribution in [0.15, 0.2) is 22.8 Å². The lowest BCUT2D eigenvalue weighted by Gasteiger charge is -2.32. The lowest BCUT2D eigenvalue weighted by Crippen LogP contribution is -2.38. The summed E-state index contributed by atoms with van der Waals surface area (Å²) in [5, 5.41) is 2.94. The number of likely N-dealkylation sites (tertiary alicyclic amines) is 1. The average Bonchev–Trinajstić information content (AvgIpc) is 3.20. The summed E-state index contributed by atoms with van der Waals surface area (Å²) < 4.78 is 16.2. The molecule has 3 heterocycles. The van der Waals surface area contributed by atoms with Crippen molar-refractivity contribution in [1.29, 1.82) is 0 Å². The molecule has 0 aromatic carbocycles. The highest BCUT2D eigenvalue weighted by Crippen LogP contribution is 2.35. The summed E-state index contributed by atoms with van der Waals surface area (Å²) in [4.78, 5) is 14.6. The van der Waals surface area contributed by atoms with Gasteiger partial charge in [0.15, 0.2) is 0 Å². The van der Waals surface area contributed by atoms with Crippen molar-refractivity contribution in [3.8, 4) is 0 Å². The molecule has 0 spiro atoms. The van der Waals surface area contributed by atoms with Crippen LogP contribution in [0, 0.1) is 17.8 Å². The van der Waals surface area contributed by atoms with Gasteiger partial charge in [-0.3, -0.25) is 4.79 Å². The maximum Gasteiger partial charge on any atom is 0.220 e. The molecule has 1 N–H and O–H groups in total. The van der Waals surface area contributed by atoms with Gasteiger partial charge in [0, 0.05) is 33.2 Å². The highest BCUT2D eigenvalue weighted by atomic mass is 16.5. The number of carbonyl (C=O) groups excluding carboxylic acids is 1. The van der Waals surface area contributed by atoms with Crippen LogP contribution >= 0.6 is 0 Å². The van der Waals surface area contributed by atoms with Gasteiger partial charge in [0.2, 0.25) is 5.91 Å². The van der Waals surface area contributed by atoms with Crippen molar-refractivity contribution in [1.82, 2.24) is 10.2 Å². The fraction of sp³-hybridized carbons (Fsp3) is 0.706. The molecule has 2 aliphatic rings. The molecule has 2 aliphatic heterocycles. The van der Waals surface area contributed by atoms with Crippen molar-refractivity contribution in [3.63, 3.8) is 0 Å². The van der Waals surface area contributed by atoms with E-state index in [-0.39, 0.29) is 5.91 Å². The first-order valence-corrected chi connectivity index (χ1v) is 8.34. The predicted molar refractivity (Wildman–Crippen MR) is 84.8 cm³/mol. The number of fused-ring (bicyclic) bond motifs is 1. The largest absolute Gasteiger partial charge is 0.467 e. The van der Waals surface area contributed by atoms with Crippen LogP contribution in [0.1, 0.15) is 12.2 Å². The van der Waals surface area contributed by atoms with E-state index in [0.29, 0.717) is 37.3 Å². The minimum atomic E-state index is 0.0750. The van der Waals surface area contributed by atoms with Crippen LogP contribution in [0.4, 0.5) is 0 Å². The van der Waals surface area contributed by atoms with Gasteiger partial charge in [0.25, 0.3) is 0 Å². The van der Waals surface area contributed by atoms with Crippen molar-refractivity contribution in [2.24, 2.45) is 17.8 Å². The van der Waals surface area contributed by atoms with Gasteiger partial charge in [0.1, 0.15) is 5.76 Å². The highest BCUT2D eigenvalue weighted by Gasteiger charge is 2.41. The van der Waals surface area contributed by atoms with Gasteiger partial charge in [-0.15, -0.1) is 0 Å². The van der Waals surface area contributed by atoms with Crippen LogP contribution in [-0.4, -0.2) is 57.4 Å². The van der Waals surface area contributed by atoms with Crippen LogP contribution in [0.5, 0.6) is 0 Å². The minimum absolute atomic E-state index is 0.0750. The van der Waals surface area contributed by atoms with Gasteiger partial charge < -0.3 is 24.1 Å². The Balaban J connectivity index is 1.48. The van der Waals surface area contributed by atoms with Gasteiger partial charge >= 0.3 is 0 Å². The van der Waals surface area contributed by atoms with E-state index in [4.69, 9.17) is 13.9 Å². The number of hydrogen-bond donors (Lipinski definition) is 1. The molecule has 0 saturated carbocycles. The molecule has 3 rings (SSSR count). The van der Waals surface area contributed by atoms with Gasteiger partial charge in [-0.1, -0.05) is 0 Å². The lowest BCUT2D eigenvalue weighted by molar-refractivity contribution is -0.124. The highest BCUT2D eigenvalue weighted by molar-refractivity contribution is 5.76. The Kier molecular flexibility index (Phi) is 5.70. The monoisotopic (exact) mass is 322 g/mol. The fourth-order valence-electron chi connectivity index (χ4n) is 3.72. The molecule has 2 fully saturated rings. The molecule has 3 atom stereocenters. The molecule has 23 heavy (non-hydrogen) atoms. The average molecular weight is 322 g/mol.